The maximum Gasteiger partial charge on any atom is 0.235 e. The van der Waals surface area contributed by atoms with Crippen LogP contribution in [0.15, 0.2) is 35.5 Å². The van der Waals surface area contributed by atoms with E-state index in [-0.39, 0.29) is 11.2 Å². The first-order valence-corrected chi connectivity index (χ1v) is 9.74. The molecule has 0 saturated carbocycles. The molecule has 2 fully saturated rings. The Balaban J connectivity index is 1.64. The molecule has 7 heteroatoms. The summed E-state index contributed by atoms with van der Waals surface area (Å²) in [5, 5.41) is 9.66. The molecule has 25 heavy (non-hydrogen) atoms. The van der Waals surface area contributed by atoms with E-state index >= 15 is 0 Å². The third kappa shape index (κ3) is 3.43. The zero-order valence-electron chi connectivity index (χ0n) is 14.5. The summed E-state index contributed by atoms with van der Waals surface area (Å²) < 4.78 is 2.12. The van der Waals surface area contributed by atoms with Crippen molar-refractivity contribution < 1.29 is 4.79 Å². The number of rotatable bonds is 5. The highest BCUT2D eigenvalue weighted by Crippen LogP contribution is 2.31. The standard InChI is InChI=1S/C18H23N5OS/c1-21-12-9-15(17(21)24)25-18-20-19-16(13-22-10-5-6-11-22)23(18)14-7-3-2-4-8-14/h2-4,7-8,15H,5-6,9-13H2,1H3. The molecule has 0 aliphatic carbocycles. The molecule has 2 aliphatic rings. The molecule has 4 rings (SSSR count). The van der Waals surface area contributed by atoms with Crippen molar-refractivity contribution >= 4 is 17.7 Å². The Morgan fingerprint density at radius 3 is 2.56 bits per heavy atom. The summed E-state index contributed by atoms with van der Waals surface area (Å²) in [4.78, 5) is 16.5. The Labute approximate surface area is 152 Å². The zero-order valence-corrected chi connectivity index (χ0v) is 15.3. The first-order chi connectivity index (χ1) is 12.2. The fourth-order valence-electron chi connectivity index (χ4n) is 3.48. The lowest BCUT2D eigenvalue weighted by Gasteiger charge is -2.16. The van der Waals surface area contributed by atoms with Gasteiger partial charge in [-0.15, -0.1) is 10.2 Å². The molecule has 1 amide bonds. The van der Waals surface area contributed by atoms with E-state index in [9.17, 15) is 4.79 Å². The molecule has 1 atom stereocenters. The maximum absolute atomic E-state index is 12.3. The van der Waals surface area contributed by atoms with E-state index < -0.39 is 0 Å². The number of amides is 1. The second-order valence-corrected chi connectivity index (χ2v) is 7.88. The van der Waals surface area contributed by atoms with Gasteiger partial charge in [0.05, 0.1) is 11.8 Å². The Morgan fingerprint density at radius 1 is 1.12 bits per heavy atom. The van der Waals surface area contributed by atoms with Crippen molar-refractivity contribution in [2.75, 3.05) is 26.7 Å². The van der Waals surface area contributed by atoms with Gasteiger partial charge in [0.15, 0.2) is 11.0 Å². The molecule has 1 aromatic heterocycles. The van der Waals surface area contributed by atoms with Crippen LogP contribution in [-0.4, -0.2) is 62.4 Å². The number of nitrogens with zero attached hydrogens (tertiary/aromatic N) is 5. The summed E-state index contributed by atoms with van der Waals surface area (Å²) in [7, 11) is 1.86. The third-order valence-electron chi connectivity index (χ3n) is 4.90. The normalized spacial score (nSPS) is 21.4. The average Bonchev–Trinajstić information content (AvgIpc) is 3.35. The Bertz CT molecular complexity index is 741. The first-order valence-electron chi connectivity index (χ1n) is 8.86. The van der Waals surface area contributed by atoms with E-state index in [1.54, 1.807) is 16.7 Å². The number of thioether (sulfide) groups is 1. The van der Waals surface area contributed by atoms with Crippen LogP contribution in [0.5, 0.6) is 0 Å². The summed E-state index contributed by atoms with van der Waals surface area (Å²) in [6.07, 6.45) is 3.37. The quantitative estimate of drug-likeness (QED) is 0.821. The maximum atomic E-state index is 12.3. The lowest BCUT2D eigenvalue weighted by Crippen LogP contribution is -2.24. The number of likely N-dealkylation sites (tertiary alicyclic amines) is 2. The second kappa shape index (κ2) is 7.17. The van der Waals surface area contributed by atoms with E-state index in [0.717, 1.165) is 49.3 Å². The number of hydrogen-bond donors (Lipinski definition) is 0. The summed E-state index contributed by atoms with van der Waals surface area (Å²) in [5.41, 5.74) is 1.06. The summed E-state index contributed by atoms with van der Waals surface area (Å²) in [6.45, 7) is 3.86. The fraction of sp³-hybridized carbons (Fsp3) is 0.500. The number of carbonyl (C=O) groups excluding carboxylic acids is 1. The van der Waals surface area contributed by atoms with Crippen LogP contribution in [-0.2, 0) is 11.3 Å². The van der Waals surface area contributed by atoms with Gasteiger partial charge in [-0.25, -0.2) is 0 Å². The lowest BCUT2D eigenvalue weighted by molar-refractivity contribution is -0.126. The van der Waals surface area contributed by atoms with Crippen LogP contribution in [0.4, 0.5) is 0 Å². The van der Waals surface area contributed by atoms with Crippen molar-refractivity contribution in [3.05, 3.63) is 36.2 Å². The van der Waals surface area contributed by atoms with Crippen molar-refractivity contribution in [2.24, 2.45) is 0 Å². The smallest absolute Gasteiger partial charge is 0.235 e. The lowest BCUT2D eigenvalue weighted by atomic mass is 10.3. The largest absolute Gasteiger partial charge is 0.345 e. The van der Waals surface area contributed by atoms with Gasteiger partial charge in [-0.05, 0) is 44.5 Å². The van der Waals surface area contributed by atoms with Gasteiger partial charge < -0.3 is 4.90 Å². The monoisotopic (exact) mass is 357 g/mol. The van der Waals surface area contributed by atoms with Crippen LogP contribution in [0.25, 0.3) is 5.69 Å². The molecule has 2 aliphatic heterocycles. The summed E-state index contributed by atoms with van der Waals surface area (Å²) in [5.74, 6) is 1.14. The first kappa shape index (κ1) is 16.6. The average molecular weight is 357 g/mol. The number of hydrogen-bond acceptors (Lipinski definition) is 5. The molecule has 132 valence electrons. The van der Waals surface area contributed by atoms with E-state index in [4.69, 9.17) is 0 Å². The van der Waals surface area contributed by atoms with Gasteiger partial charge in [0.1, 0.15) is 0 Å². The molecule has 2 saturated heterocycles. The van der Waals surface area contributed by atoms with E-state index in [0.29, 0.717) is 0 Å². The molecule has 0 spiro atoms. The van der Waals surface area contributed by atoms with Gasteiger partial charge >= 0.3 is 0 Å². The van der Waals surface area contributed by atoms with Gasteiger partial charge in [-0.3, -0.25) is 14.3 Å². The SMILES string of the molecule is CN1CCC(Sc2nnc(CN3CCCC3)n2-c2ccccc2)C1=O. The molecule has 0 radical (unpaired) electrons. The van der Waals surface area contributed by atoms with Gasteiger partial charge in [0.2, 0.25) is 5.91 Å². The van der Waals surface area contributed by atoms with Crippen molar-refractivity contribution in [1.29, 1.82) is 0 Å². The highest BCUT2D eigenvalue weighted by molar-refractivity contribution is 8.00. The number of benzene rings is 1. The predicted molar refractivity (Wildman–Crippen MR) is 97.8 cm³/mol. The molecule has 2 aromatic rings. The van der Waals surface area contributed by atoms with Crippen molar-refractivity contribution in [2.45, 2.75) is 36.2 Å². The summed E-state index contributed by atoms with van der Waals surface area (Å²) >= 11 is 1.54. The fourth-order valence-corrected chi connectivity index (χ4v) is 4.65. The highest BCUT2D eigenvalue weighted by Gasteiger charge is 2.32. The molecule has 0 N–H and O–H groups in total. The molecule has 6 nitrogen and oxygen atoms in total. The minimum absolute atomic E-state index is 0.0590. The van der Waals surface area contributed by atoms with Crippen LogP contribution in [0, 0.1) is 0 Å². The topological polar surface area (TPSA) is 54.3 Å². The van der Waals surface area contributed by atoms with Gasteiger partial charge in [0.25, 0.3) is 0 Å². The number of para-hydroxylation sites is 1. The zero-order chi connectivity index (χ0) is 17.2. The summed E-state index contributed by atoms with van der Waals surface area (Å²) in [6, 6.07) is 10.2. The van der Waals surface area contributed by atoms with Gasteiger partial charge in [-0.2, -0.15) is 0 Å². The molecule has 0 bridgehead atoms. The third-order valence-corrected chi connectivity index (χ3v) is 6.10. The number of carbonyl (C=O) groups is 1. The molecule has 1 aromatic carbocycles. The Kier molecular flexibility index (Phi) is 4.76. The van der Waals surface area contributed by atoms with Crippen LogP contribution < -0.4 is 0 Å². The van der Waals surface area contributed by atoms with Crippen molar-refractivity contribution in [3.63, 3.8) is 0 Å². The minimum atomic E-state index is -0.0590. The second-order valence-electron chi connectivity index (χ2n) is 6.71. The van der Waals surface area contributed by atoms with Crippen LogP contribution in [0.2, 0.25) is 0 Å². The molecule has 3 heterocycles. The van der Waals surface area contributed by atoms with E-state index in [2.05, 4.69) is 31.8 Å². The van der Waals surface area contributed by atoms with E-state index in [1.165, 1.54) is 12.8 Å². The van der Waals surface area contributed by atoms with Crippen molar-refractivity contribution in [1.82, 2.24) is 24.6 Å². The molecular formula is C18H23N5OS. The molecule has 1 unspecified atom stereocenters. The van der Waals surface area contributed by atoms with Crippen LogP contribution >= 0.6 is 11.8 Å². The minimum Gasteiger partial charge on any atom is -0.345 e. The Morgan fingerprint density at radius 2 is 1.88 bits per heavy atom. The van der Waals surface area contributed by atoms with Crippen molar-refractivity contribution in [3.8, 4) is 5.69 Å². The van der Waals surface area contributed by atoms with Crippen LogP contribution in [0.3, 0.4) is 0 Å². The van der Waals surface area contributed by atoms with Gasteiger partial charge in [-0.1, -0.05) is 30.0 Å². The highest BCUT2D eigenvalue weighted by atomic mass is 32.2. The van der Waals surface area contributed by atoms with Gasteiger partial charge in [0, 0.05) is 19.3 Å². The predicted octanol–water partition coefficient (Wildman–Crippen LogP) is 2.19. The van der Waals surface area contributed by atoms with E-state index in [1.807, 2.05) is 25.2 Å². The molecular weight excluding hydrogens is 334 g/mol. The number of aromatic nitrogens is 3. The van der Waals surface area contributed by atoms with Crippen LogP contribution in [0.1, 0.15) is 25.1 Å². The Hall–Kier alpha value is -1.86.